The second-order valence-electron chi connectivity index (χ2n) is 7.05. The first-order chi connectivity index (χ1) is 10.1. The molecule has 116 valence electrons. The molecule has 1 aromatic carbocycles. The van der Waals surface area contributed by atoms with Crippen molar-refractivity contribution in [2.75, 3.05) is 6.61 Å². The lowest BCUT2D eigenvalue weighted by molar-refractivity contribution is -0.151. The van der Waals surface area contributed by atoms with E-state index in [2.05, 4.69) is 31.2 Å². The highest BCUT2D eigenvalue weighted by molar-refractivity contribution is 5.40. The molecular formula is C19H28O2. The molecule has 1 N–H and O–H groups in total. The molecule has 2 nitrogen and oxygen atoms in total. The van der Waals surface area contributed by atoms with Gasteiger partial charge in [0.25, 0.3) is 0 Å². The Hall–Kier alpha value is -0.860. The Morgan fingerprint density at radius 2 is 2.19 bits per heavy atom. The molecule has 0 radical (unpaired) electrons. The molecule has 1 aromatic rings. The van der Waals surface area contributed by atoms with Crippen molar-refractivity contribution in [3.8, 4) is 0 Å². The van der Waals surface area contributed by atoms with Crippen LogP contribution in [0.25, 0.3) is 0 Å². The number of rotatable bonds is 5. The maximum atomic E-state index is 10.9. The average molecular weight is 288 g/mol. The van der Waals surface area contributed by atoms with Gasteiger partial charge in [0.15, 0.2) is 0 Å². The van der Waals surface area contributed by atoms with Crippen molar-refractivity contribution in [2.24, 2.45) is 5.92 Å². The predicted octanol–water partition coefficient (Wildman–Crippen LogP) is 4.06. The minimum Gasteiger partial charge on any atom is -0.390 e. The highest BCUT2D eigenvalue weighted by atomic mass is 16.5. The van der Waals surface area contributed by atoms with Gasteiger partial charge in [0.1, 0.15) is 0 Å². The Morgan fingerprint density at radius 3 is 2.90 bits per heavy atom. The molecule has 0 heterocycles. The van der Waals surface area contributed by atoms with Gasteiger partial charge in [-0.1, -0.05) is 44.0 Å². The smallest absolute Gasteiger partial charge is 0.0942 e. The lowest BCUT2D eigenvalue weighted by Gasteiger charge is -2.45. The van der Waals surface area contributed by atoms with E-state index in [-0.39, 0.29) is 11.7 Å². The summed E-state index contributed by atoms with van der Waals surface area (Å²) in [6.07, 6.45) is 6.11. The SMILES string of the molecule is CCOC1(C(O)CC2Cc3ccccc32)CCCC(C)C1. The van der Waals surface area contributed by atoms with E-state index in [0.29, 0.717) is 18.4 Å². The van der Waals surface area contributed by atoms with Gasteiger partial charge in [-0.3, -0.25) is 0 Å². The molecule has 4 unspecified atom stereocenters. The Bertz CT molecular complexity index is 480. The molecule has 4 atom stereocenters. The van der Waals surface area contributed by atoms with Crippen LogP contribution in [0.2, 0.25) is 0 Å². The van der Waals surface area contributed by atoms with Gasteiger partial charge in [-0.25, -0.2) is 0 Å². The number of hydrogen-bond donors (Lipinski definition) is 1. The van der Waals surface area contributed by atoms with E-state index in [1.54, 1.807) is 0 Å². The molecule has 0 saturated heterocycles. The van der Waals surface area contributed by atoms with Crippen LogP contribution in [0.3, 0.4) is 0 Å². The summed E-state index contributed by atoms with van der Waals surface area (Å²) in [4.78, 5) is 0. The predicted molar refractivity (Wildman–Crippen MR) is 85.5 cm³/mol. The first kappa shape index (κ1) is 15.1. The Balaban J connectivity index is 1.69. The van der Waals surface area contributed by atoms with Gasteiger partial charge in [0.05, 0.1) is 11.7 Å². The van der Waals surface area contributed by atoms with Gasteiger partial charge < -0.3 is 9.84 Å². The van der Waals surface area contributed by atoms with Gasteiger partial charge in [0.2, 0.25) is 0 Å². The molecule has 2 aliphatic carbocycles. The van der Waals surface area contributed by atoms with E-state index in [1.807, 2.05) is 6.92 Å². The number of fused-ring (bicyclic) bond motifs is 1. The third-order valence-electron chi connectivity index (χ3n) is 5.50. The van der Waals surface area contributed by atoms with Gasteiger partial charge in [0, 0.05) is 6.61 Å². The number of benzene rings is 1. The highest BCUT2D eigenvalue weighted by Crippen LogP contribution is 2.44. The van der Waals surface area contributed by atoms with Crippen LogP contribution in [-0.4, -0.2) is 23.4 Å². The highest BCUT2D eigenvalue weighted by Gasteiger charge is 2.43. The molecule has 2 heteroatoms. The first-order valence-corrected chi connectivity index (χ1v) is 8.54. The van der Waals surface area contributed by atoms with E-state index in [1.165, 1.54) is 24.0 Å². The Morgan fingerprint density at radius 1 is 1.38 bits per heavy atom. The molecular weight excluding hydrogens is 260 g/mol. The van der Waals surface area contributed by atoms with Gasteiger partial charge in [-0.2, -0.15) is 0 Å². The summed E-state index contributed by atoms with van der Waals surface area (Å²) in [5.41, 5.74) is 2.60. The number of aliphatic hydroxyl groups is 1. The molecule has 1 saturated carbocycles. The molecule has 21 heavy (non-hydrogen) atoms. The van der Waals surface area contributed by atoms with Crippen molar-refractivity contribution < 1.29 is 9.84 Å². The fourth-order valence-electron chi connectivity index (χ4n) is 4.42. The summed E-state index contributed by atoms with van der Waals surface area (Å²) < 4.78 is 6.11. The van der Waals surface area contributed by atoms with Crippen molar-refractivity contribution in [3.05, 3.63) is 35.4 Å². The van der Waals surface area contributed by atoms with E-state index in [9.17, 15) is 5.11 Å². The van der Waals surface area contributed by atoms with Crippen LogP contribution in [0.1, 0.15) is 63.0 Å². The summed E-state index contributed by atoms with van der Waals surface area (Å²) >= 11 is 0. The zero-order chi connectivity index (χ0) is 14.9. The zero-order valence-electron chi connectivity index (χ0n) is 13.3. The Kier molecular flexibility index (Phi) is 4.37. The van der Waals surface area contributed by atoms with Crippen LogP contribution in [0, 0.1) is 5.92 Å². The van der Waals surface area contributed by atoms with E-state index >= 15 is 0 Å². The van der Waals surface area contributed by atoms with Crippen LogP contribution in [0.5, 0.6) is 0 Å². The minimum absolute atomic E-state index is 0.295. The summed E-state index contributed by atoms with van der Waals surface area (Å²) in [5, 5.41) is 10.9. The van der Waals surface area contributed by atoms with Crippen LogP contribution >= 0.6 is 0 Å². The van der Waals surface area contributed by atoms with E-state index in [0.717, 1.165) is 25.7 Å². The second-order valence-corrected chi connectivity index (χ2v) is 7.05. The van der Waals surface area contributed by atoms with Crippen LogP contribution in [0.15, 0.2) is 24.3 Å². The topological polar surface area (TPSA) is 29.5 Å². The number of hydrogen-bond acceptors (Lipinski definition) is 2. The summed E-state index contributed by atoms with van der Waals surface area (Å²) in [6, 6.07) is 8.64. The molecule has 3 rings (SSSR count). The second kappa shape index (κ2) is 6.10. The number of ether oxygens (including phenoxy) is 1. The maximum Gasteiger partial charge on any atom is 0.0942 e. The zero-order valence-corrected chi connectivity index (χ0v) is 13.3. The van der Waals surface area contributed by atoms with Crippen molar-refractivity contribution in [1.82, 2.24) is 0 Å². The van der Waals surface area contributed by atoms with Crippen LogP contribution in [-0.2, 0) is 11.2 Å². The van der Waals surface area contributed by atoms with Crippen molar-refractivity contribution in [1.29, 1.82) is 0 Å². The average Bonchev–Trinajstić information content (AvgIpc) is 2.45. The van der Waals surface area contributed by atoms with E-state index in [4.69, 9.17) is 4.74 Å². The van der Waals surface area contributed by atoms with Crippen LogP contribution < -0.4 is 0 Å². The monoisotopic (exact) mass is 288 g/mol. The largest absolute Gasteiger partial charge is 0.390 e. The molecule has 0 amide bonds. The fraction of sp³-hybridized carbons (Fsp3) is 0.684. The molecule has 2 aliphatic rings. The first-order valence-electron chi connectivity index (χ1n) is 8.54. The van der Waals surface area contributed by atoms with Gasteiger partial charge >= 0.3 is 0 Å². The van der Waals surface area contributed by atoms with Gasteiger partial charge in [-0.05, 0) is 55.6 Å². The number of aliphatic hydroxyl groups excluding tert-OH is 1. The summed E-state index contributed by atoms with van der Waals surface area (Å²) in [7, 11) is 0. The van der Waals surface area contributed by atoms with Crippen molar-refractivity contribution in [2.45, 2.75) is 70.0 Å². The van der Waals surface area contributed by atoms with Gasteiger partial charge in [-0.15, -0.1) is 0 Å². The molecule has 0 aliphatic heterocycles. The maximum absolute atomic E-state index is 10.9. The molecule has 0 spiro atoms. The van der Waals surface area contributed by atoms with Crippen molar-refractivity contribution >= 4 is 0 Å². The summed E-state index contributed by atoms with van der Waals surface area (Å²) in [5.74, 6) is 1.18. The van der Waals surface area contributed by atoms with Crippen molar-refractivity contribution in [3.63, 3.8) is 0 Å². The standard InChI is InChI=1S/C19H28O2/c1-3-21-19(10-6-7-14(2)13-19)18(20)12-16-11-15-8-4-5-9-17(15)16/h4-5,8-9,14,16,18,20H,3,6-7,10-13H2,1-2H3. The molecule has 0 bridgehead atoms. The van der Waals surface area contributed by atoms with E-state index < -0.39 is 0 Å². The normalized spacial score (nSPS) is 33.1. The fourth-order valence-corrected chi connectivity index (χ4v) is 4.42. The molecule has 0 aromatic heterocycles. The quantitative estimate of drug-likeness (QED) is 0.885. The lowest BCUT2D eigenvalue weighted by Crippen LogP contribution is -2.49. The third-order valence-corrected chi connectivity index (χ3v) is 5.50. The lowest BCUT2D eigenvalue weighted by atomic mass is 9.69. The Labute approximate surface area is 128 Å². The third kappa shape index (κ3) is 2.89. The van der Waals surface area contributed by atoms with Crippen LogP contribution in [0.4, 0.5) is 0 Å². The molecule has 1 fully saturated rings. The minimum atomic E-state index is -0.335. The summed E-state index contributed by atoms with van der Waals surface area (Å²) in [6.45, 7) is 5.04.